The van der Waals surface area contributed by atoms with Gasteiger partial charge in [0.05, 0.1) is 6.17 Å². The Morgan fingerprint density at radius 2 is 1.64 bits per heavy atom. The SMILES string of the molecule is C=C(CCc1ccc(N)nc1)N1CCC(C)C1.C=CN.NC(N)c1ccc(Cc2ccccc2)cc1. The maximum atomic E-state index is 5.59. The van der Waals surface area contributed by atoms with Crippen molar-refractivity contribution in [1.29, 1.82) is 0 Å². The molecule has 0 saturated carbocycles. The van der Waals surface area contributed by atoms with Crippen LogP contribution in [0.3, 0.4) is 0 Å². The molecule has 2 aromatic carbocycles. The average Bonchev–Trinajstić information content (AvgIpc) is 3.32. The number of likely N-dealkylation sites (tertiary alicyclic amines) is 1. The second-order valence-corrected chi connectivity index (χ2v) is 9.16. The smallest absolute Gasteiger partial charge is 0.123 e. The first-order valence-corrected chi connectivity index (χ1v) is 12.4. The Kier molecular flexibility index (Phi) is 12.2. The predicted octanol–water partition coefficient (Wildman–Crippen LogP) is 4.73. The molecule has 1 fully saturated rings. The zero-order valence-corrected chi connectivity index (χ0v) is 21.5. The lowest BCUT2D eigenvalue weighted by Crippen LogP contribution is -2.19. The van der Waals surface area contributed by atoms with Gasteiger partial charge in [-0.3, -0.25) is 0 Å². The molecule has 1 saturated heterocycles. The van der Waals surface area contributed by atoms with Crippen LogP contribution in [0.15, 0.2) is 98.0 Å². The summed E-state index contributed by atoms with van der Waals surface area (Å²) in [5.41, 5.74) is 27.4. The van der Waals surface area contributed by atoms with Gasteiger partial charge in [0.1, 0.15) is 5.82 Å². The molecular weight excluding hydrogens is 444 g/mol. The van der Waals surface area contributed by atoms with Crippen LogP contribution in [0, 0.1) is 5.92 Å². The number of benzene rings is 2. The summed E-state index contributed by atoms with van der Waals surface area (Å²) in [4.78, 5) is 6.51. The molecule has 6 heteroatoms. The number of aromatic nitrogens is 1. The van der Waals surface area contributed by atoms with E-state index in [1.54, 1.807) is 0 Å². The number of nitrogens with zero attached hydrogens (tertiary/aromatic N) is 2. The summed E-state index contributed by atoms with van der Waals surface area (Å²) in [5.74, 6) is 1.39. The highest BCUT2D eigenvalue weighted by Crippen LogP contribution is 2.21. The number of nitrogen functional groups attached to an aromatic ring is 1. The summed E-state index contributed by atoms with van der Waals surface area (Å²) in [6, 6.07) is 22.4. The van der Waals surface area contributed by atoms with Gasteiger partial charge in [0.25, 0.3) is 0 Å². The Morgan fingerprint density at radius 3 is 2.17 bits per heavy atom. The van der Waals surface area contributed by atoms with Crippen molar-refractivity contribution in [3.63, 3.8) is 0 Å². The van der Waals surface area contributed by atoms with Gasteiger partial charge in [0, 0.05) is 25.0 Å². The van der Waals surface area contributed by atoms with Crippen LogP contribution in [0.4, 0.5) is 5.82 Å². The third-order valence-corrected chi connectivity index (χ3v) is 6.04. The van der Waals surface area contributed by atoms with E-state index in [9.17, 15) is 0 Å². The lowest BCUT2D eigenvalue weighted by atomic mass is 10.0. The van der Waals surface area contributed by atoms with Gasteiger partial charge in [-0.2, -0.15) is 0 Å². The van der Waals surface area contributed by atoms with Gasteiger partial charge >= 0.3 is 0 Å². The van der Waals surface area contributed by atoms with Crippen LogP contribution in [0.5, 0.6) is 0 Å². The first-order chi connectivity index (χ1) is 17.3. The summed E-state index contributed by atoms with van der Waals surface area (Å²) < 4.78 is 0. The highest BCUT2D eigenvalue weighted by Gasteiger charge is 2.19. The predicted molar refractivity (Wildman–Crippen MR) is 153 cm³/mol. The molecule has 0 radical (unpaired) electrons. The maximum absolute atomic E-state index is 5.59. The fraction of sp³-hybridized carbons (Fsp3) is 0.300. The molecule has 8 N–H and O–H groups in total. The lowest BCUT2D eigenvalue weighted by molar-refractivity contribution is 0.396. The summed E-state index contributed by atoms with van der Waals surface area (Å²) in [6.07, 6.45) is 6.97. The van der Waals surface area contributed by atoms with Crippen molar-refractivity contribution >= 4 is 5.82 Å². The standard InChI is InChI=1S/C14H21N3.C14H16N2.C2H5N/c1-11-7-8-17(10-11)12(2)3-4-13-5-6-14(15)16-9-13;15-14(16)13-8-6-12(7-9-13)10-11-4-2-1-3-5-11;1-2-3/h5-6,9,11H,2-4,7-8,10H2,1H3,(H2,15,16);1-9,14H,10,15-16H2;2H,1,3H2. The number of nitrogens with two attached hydrogens (primary N) is 4. The van der Waals surface area contributed by atoms with Gasteiger partial charge in [0.2, 0.25) is 0 Å². The van der Waals surface area contributed by atoms with Crippen molar-refractivity contribution in [1.82, 2.24) is 9.88 Å². The molecule has 1 aromatic heterocycles. The van der Waals surface area contributed by atoms with Gasteiger partial charge in [-0.15, -0.1) is 0 Å². The van der Waals surface area contributed by atoms with E-state index in [-0.39, 0.29) is 6.17 Å². The van der Waals surface area contributed by atoms with Crippen molar-refractivity contribution in [3.05, 3.63) is 120 Å². The van der Waals surface area contributed by atoms with E-state index in [1.165, 1.54) is 48.1 Å². The number of anilines is 1. The highest BCUT2D eigenvalue weighted by molar-refractivity contribution is 5.30. The van der Waals surface area contributed by atoms with E-state index >= 15 is 0 Å². The van der Waals surface area contributed by atoms with Crippen LogP contribution in [0.25, 0.3) is 0 Å². The summed E-state index contributed by atoms with van der Waals surface area (Å²) >= 11 is 0. The molecule has 1 unspecified atom stereocenters. The molecule has 2 heterocycles. The third-order valence-electron chi connectivity index (χ3n) is 6.04. The van der Waals surface area contributed by atoms with Gasteiger partial charge < -0.3 is 27.8 Å². The first-order valence-electron chi connectivity index (χ1n) is 12.4. The fourth-order valence-electron chi connectivity index (χ4n) is 3.94. The normalized spacial score (nSPS) is 14.3. The number of rotatable bonds is 7. The molecular formula is C30H42N6. The van der Waals surface area contributed by atoms with Crippen LogP contribution >= 0.6 is 0 Å². The van der Waals surface area contributed by atoms with E-state index in [0.717, 1.165) is 30.7 Å². The molecule has 0 bridgehead atoms. The van der Waals surface area contributed by atoms with Crippen molar-refractivity contribution in [2.75, 3.05) is 18.8 Å². The van der Waals surface area contributed by atoms with Crippen LogP contribution in [0.2, 0.25) is 0 Å². The molecule has 0 aliphatic carbocycles. The van der Waals surface area contributed by atoms with Gasteiger partial charge in [-0.25, -0.2) is 4.98 Å². The average molecular weight is 487 g/mol. The van der Waals surface area contributed by atoms with E-state index in [1.807, 2.05) is 36.5 Å². The number of hydrogen-bond acceptors (Lipinski definition) is 6. The molecule has 4 rings (SSSR count). The molecule has 0 spiro atoms. The zero-order valence-electron chi connectivity index (χ0n) is 21.5. The number of hydrogen-bond donors (Lipinski definition) is 4. The fourth-order valence-corrected chi connectivity index (χ4v) is 3.94. The Labute approximate surface area is 216 Å². The molecule has 1 atom stereocenters. The molecule has 1 aliphatic rings. The quantitative estimate of drug-likeness (QED) is 0.358. The van der Waals surface area contributed by atoms with Gasteiger partial charge in [-0.05, 0) is 66.1 Å². The van der Waals surface area contributed by atoms with E-state index in [4.69, 9.17) is 17.2 Å². The second-order valence-electron chi connectivity index (χ2n) is 9.16. The van der Waals surface area contributed by atoms with Crippen molar-refractivity contribution in [2.24, 2.45) is 23.1 Å². The van der Waals surface area contributed by atoms with Crippen LogP contribution in [-0.2, 0) is 12.8 Å². The monoisotopic (exact) mass is 486 g/mol. The summed E-state index contributed by atoms with van der Waals surface area (Å²) in [7, 11) is 0. The number of aryl methyl sites for hydroxylation is 1. The number of allylic oxidation sites excluding steroid dienone is 1. The number of pyridine rings is 1. The van der Waals surface area contributed by atoms with Crippen molar-refractivity contribution in [3.8, 4) is 0 Å². The molecule has 192 valence electrons. The van der Waals surface area contributed by atoms with E-state index < -0.39 is 0 Å². The minimum absolute atomic E-state index is 0.384. The Hall–Kier alpha value is -3.61. The van der Waals surface area contributed by atoms with Crippen LogP contribution in [-0.4, -0.2) is 23.0 Å². The second kappa shape index (κ2) is 15.4. The summed E-state index contributed by atoms with van der Waals surface area (Å²) in [6.45, 7) is 12.0. The van der Waals surface area contributed by atoms with E-state index in [0.29, 0.717) is 5.82 Å². The molecule has 3 aromatic rings. The third kappa shape index (κ3) is 10.3. The Morgan fingerprint density at radius 1 is 1.03 bits per heavy atom. The highest BCUT2D eigenvalue weighted by atomic mass is 15.2. The van der Waals surface area contributed by atoms with Crippen molar-refractivity contribution in [2.45, 2.75) is 38.8 Å². The lowest BCUT2D eigenvalue weighted by Gasteiger charge is -2.20. The largest absolute Gasteiger partial charge is 0.405 e. The zero-order chi connectivity index (χ0) is 26.3. The topological polar surface area (TPSA) is 120 Å². The summed E-state index contributed by atoms with van der Waals surface area (Å²) in [5, 5.41) is 0. The van der Waals surface area contributed by atoms with Gasteiger partial charge in [0.15, 0.2) is 0 Å². The minimum Gasteiger partial charge on any atom is -0.405 e. The van der Waals surface area contributed by atoms with Crippen molar-refractivity contribution < 1.29 is 0 Å². The molecule has 1 aliphatic heterocycles. The maximum Gasteiger partial charge on any atom is 0.123 e. The first kappa shape index (κ1) is 28.6. The van der Waals surface area contributed by atoms with Crippen LogP contribution in [0.1, 0.15) is 48.2 Å². The molecule has 0 amide bonds. The molecule has 6 nitrogen and oxygen atoms in total. The Bertz CT molecular complexity index is 1030. The molecule has 36 heavy (non-hydrogen) atoms. The van der Waals surface area contributed by atoms with Gasteiger partial charge in [-0.1, -0.05) is 80.7 Å². The minimum atomic E-state index is -0.384. The Balaban J connectivity index is 0.000000229. The van der Waals surface area contributed by atoms with Crippen LogP contribution < -0.4 is 22.9 Å². The van der Waals surface area contributed by atoms with E-state index in [2.05, 4.69) is 72.1 Å².